The number of aromatic nitrogens is 1. The molecule has 0 unspecified atom stereocenters. The minimum absolute atomic E-state index is 0.112. The normalized spacial score (nSPS) is 11.9. The first kappa shape index (κ1) is 19.6. The molecule has 0 aliphatic heterocycles. The second kappa shape index (κ2) is 8.55. The van der Waals surface area contributed by atoms with Gasteiger partial charge in [-0.25, -0.2) is 13.4 Å². The largest absolute Gasteiger partial charge is 0.301 e. The third-order valence-electron chi connectivity index (χ3n) is 3.34. The first-order chi connectivity index (χ1) is 11.8. The Morgan fingerprint density at radius 1 is 1.28 bits per heavy atom. The van der Waals surface area contributed by atoms with Crippen LogP contribution in [-0.2, 0) is 20.6 Å². The monoisotopic (exact) mass is 381 g/mol. The van der Waals surface area contributed by atoms with Crippen LogP contribution in [0.1, 0.15) is 24.3 Å². The van der Waals surface area contributed by atoms with Gasteiger partial charge in [0, 0.05) is 17.6 Å². The first-order valence-electron chi connectivity index (χ1n) is 8.00. The second-order valence-corrected chi connectivity index (χ2v) is 9.46. The van der Waals surface area contributed by atoms with E-state index in [1.165, 1.54) is 15.6 Å². The number of benzene rings is 1. The van der Waals surface area contributed by atoms with E-state index in [-0.39, 0.29) is 24.1 Å². The molecule has 2 rings (SSSR count). The van der Waals surface area contributed by atoms with Crippen LogP contribution < -0.4 is 5.32 Å². The third kappa shape index (κ3) is 6.22. The van der Waals surface area contributed by atoms with E-state index in [0.717, 1.165) is 4.88 Å². The van der Waals surface area contributed by atoms with Crippen molar-refractivity contribution in [3.63, 3.8) is 0 Å². The topological polar surface area (TPSA) is 79.4 Å². The maximum atomic E-state index is 12.8. The van der Waals surface area contributed by atoms with Crippen LogP contribution in [0.25, 0.3) is 0 Å². The molecule has 8 heteroatoms. The molecule has 6 nitrogen and oxygen atoms in total. The Morgan fingerprint density at radius 2 is 1.96 bits per heavy atom. The van der Waals surface area contributed by atoms with Crippen molar-refractivity contribution >= 4 is 32.4 Å². The summed E-state index contributed by atoms with van der Waals surface area (Å²) in [4.78, 5) is 17.3. The molecule has 136 valence electrons. The minimum atomic E-state index is -3.60. The summed E-state index contributed by atoms with van der Waals surface area (Å²) in [5.74, 6) is -0.392. The SMILES string of the molecule is Cc1cnc(NC(=O)CN(CC(C)C)S(=O)(=O)Cc2ccccc2)s1. The zero-order valence-electron chi connectivity index (χ0n) is 14.6. The van der Waals surface area contributed by atoms with Gasteiger partial charge in [0.25, 0.3) is 0 Å². The standard InChI is InChI=1S/C17H23N3O3S2/c1-13(2)10-20(11-16(21)19-17-18-9-14(3)24-17)25(22,23)12-15-7-5-4-6-8-15/h4-9,13H,10-12H2,1-3H3,(H,18,19,21). The smallest absolute Gasteiger partial charge is 0.241 e. The predicted molar refractivity (Wildman–Crippen MR) is 101 cm³/mol. The molecule has 1 heterocycles. The summed E-state index contributed by atoms with van der Waals surface area (Å²) < 4.78 is 26.8. The van der Waals surface area contributed by atoms with Crippen molar-refractivity contribution < 1.29 is 13.2 Å². The number of thiazole rings is 1. The lowest BCUT2D eigenvalue weighted by molar-refractivity contribution is -0.116. The van der Waals surface area contributed by atoms with Crippen LogP contribution in [0.3, 0.4) is 0 Å². The van der Waals surface area contributed by atoms with E-state index in [9.17, 15) is 13.2 Å². The Bertz CT molecular complexity index is 802. The van der Waals surface area contributed by atoms with E-state index in [4.69, 9.17) is 0 Å². The number of carbonyl (C=O) groups excluding carboxylic acids is 1. The van der Waals surface area contributed by atoms with Gasteiger partial charge < -0.3 is 5.32 Å². The Labute approximate surface area is 153 Å². The Hall–Kier alpha value is -1.77. The predicted octanol–water partition coefficient (Wildman–Crippen LogP) is 2.88. The number of hydrogen-bond acceptors (Lipinski definition) is 5. The van der Waals surface area contributed by atoms with Crippen molar-refractivity contribution in [3.05, 3.63) is 47.0 Å². The number of rotatable bonds is 8. The fourth-order valence-electron chi connectivity index (χ4n) is 2.29. The molecule has 25 heavy (non-hydrogen) atoms. The molecule has 1 aromatic carbocycles. The first-order valence-corrected chi connectivity index (χ1v) is 10.4. The van der Waals surface area contributed by atoms with Crippen molar-refractivity contribution in [2.24, 2.45) is 5.92 Å². The van der Waals surface area contributed by atoms with Crippen LogP contribution in [0.4, 0.5) is 5.13 Å². The molecular weight excluding hydrogens is 358 g/mol. The summed E-state index contributed by atoms with van der Waals surface area (Å²) >= 11 is 1.36. The van der Waals surface area contributed by atoms with Crippen molar-refractivity contribution in [1.82, 2.24) is 9.29 Å². The van der Waals surface area contributed by atoms with Gasteiger partial charge in [0.15, 0.2) is 5.13 Å². The number of carbonyl (C=O) groups is 1. The average Bonchev–Trinajstić information content (AvgIpc) is 2.91. The molecule has 0 aliphatic rings. The fraction of sp³-hybridized carbons (Fsp3) is 0.412. The summed E-state index contributed by atoms with van der Waals surface area (Å²) in [6, 6.07) is 8.97. The van der Waals surface area contributed by atoms with Gasteiger partial charge in [-0.3, -0.25) is 4.79 Å². The highest BCUT2D eigenvalue weighted by Gasteiger charge is 2.26. The van der Waals surface area contributed by atoms with E-state index in [0.29, 0.717) is 17.2 Å². The maximum Gasteiger partial charge on any atom is 0.241 e. The van der Waals surface area contributed by atoms with E-state index < -0.39 is 10.0 Å². The quantitative estimate of drug-likeness (QED) is 0.762. The van der Waals surface area contributed by atoms with E-state index >= 15 is 0 Å². The number of anilines is 1. The van der Waals surface area contributed by atoms with Gasteiger partial charge in [0.2, 0.25) is 15.9 Å². The number of nitrogens with zero attached hydrogens (tertiary/aromatic N) is 2. The van der Waals surface area contributed by atoms with Crippen molar-refractivity contribution in [3.8, 4) is 0 Å². The van der Waals surface area contributed by atoms with E-state index in [1.54, 1.807) is 30.5 Å². The molecule has 0 fully saturated rings. The van der Waals surface area contributed by atoms with Crippen LogP contribution >= 0.6 is 11.3 Å². The highest BCUT2D eigenvalue weighted by molar-refractivity contribution is 7.88. The summed E-state index contributed by atoms with van der Waals surface area (Å²) in [5, 5.41) is 3.14. The maximum absolute atomic E-state index is 12.8. The van der Waals surface area contributed by atoms with Gasteiger partial charge in [-0.2, -0.15) is 4.31 Å². The van der Waals surface area contributed by atoms with E-state index in [2.05, 4.69) is 10.3 Å². The van der Waals surface area contributed by atoms with Gasteiger partial charge >= 0.3 is 0 Å². The zero-order valence-corrected chi connectivity index (χ0v) is 16.2. The van der Waals surface area contributed by atoms with Gasteiger partial charge in [-0.05, 0) is 18.4 Å². The zero-order chi connectivity index (χ0) is 18.4. The fourth-order valence-corrected chi connectivity index (χ4v) is 4.61. The summed E-state index contributed by atoms with van der Waals surface area (Å²) in [6.07, 6.45) is 1.66. The van der Waals surface area contributed by atoms with Crippen LogP contribution in [0.2, 0.25) is 0 Å². The third-order valence-corrected chi connectivity index (χ3v) is 5.93. The van der Waals surface area contributed by atoms with Gasteiger partial charge in [0.1, 0.15) is 0 Å². The summed E-state index contributed by atoms with van der Waals surface area (Å²) in [5.41, 5.74) is 0.701. The van der Waals surface area contributed by atoms with Crippen molar-refractivity contribution in [2.45, 2.75) is 26.5 Å². The number of amides is 1. The molecule has 2 aromatic rings. The summed E-state index contributed by atoms with van der Waals surface area (Å²) in [7, 11) is -3.60. The highest BCUT2D eigenvalue weighted by Crippen LogP contribution is 2.17. The molecule has 0 atom stereocenters. The lowest BCUT2D eigenvalue weighted by Gasteiger charge is -2.23. The molecule has 0 aliphatic carbocycles. The van der Waals surface area contributed by atoms with Crippen molar-refractivity contribution in [2.75, 3.05) is 18.4 Å². The lowest BCUT2D eigenvalue weighted by Crippen LogP contribution is -2.40. The second-order valence-electron chi connectivity index (χ2n) is 6.25. The molecule has 1 aromatic heterocycles. The number of sulfonamides is 1. The number of nitrogens with one attached hydrogen (secondary N) is 1. The number of hydrogen-bond donors (Lipinski definition) is 1. The average molecular weight is 382 g/mol. The van der Waals surface area contributed by atoms with Crippen LogP contribution in [0.5, 0.6) is 0 Å². The highest BCUT2D eigenvalue weighted by atomic mass is 32.2. The molecule has 1 N–H and O–H groups in total. The number of aryl methyl sites for hydroxylation is 1. The Balaban J connectivity index is 2.10. The van der Waals surface area contributed by atoms with Crippen LogP contribution in [0.15, 0.2) is 36.5 Å². The van der Waals surface area contributed by atoms with Gasteiger partial charge in [-0.15, -0.1) is 11.3 Å². The van der Waals surface area contributed by atoms with Crippen molar-refractivity contribution in [1.29, 1.82) is 0 Å². The van der Waals surface area contributed by atoms with Gasteiger partial charge in [-0.1, -0.05) is 44.2 Å². The van der Waals surface area contributed by atoms with E-state index in [1.807, 2.05) is 26.8 Å². The Kier molecular flexibility index (Phi) is 6.69. The summed E-state index contributed by atoms with van der Waals surface area (Å²) in [6.45, 7) is 5.81. The molecule has 0 radical (unpaired) electrons. The molecule has 0 spiro atoms. The van der Waals surface area contributed by atoms with Crippen LogP contribution in [0, 0.1) is 12.8 Å². The molecule has 0 bridgehead atoms. The minimum Gasteiger partial charge on any atom is -0.301 e. The van der Waals surface area contributed by atoms with Gasteiger partial charge in [0.05, 0.1) is 12.3 Å². The molecular formula is C17H23N3O3S2. The molecule has 1 amide bonds. The Morgan fingerprint density at radius 3 is 2.52 bits per heavy atom. The molecule has 0 saturated carbocycles. The molecule has 0 saturated heterocycles. The lowest BCUT2D eigenvalue weighted by atomic mass is 10.2. The van der Waals surface area contributed by atoms with Crippen LogP contribution in [-0.4, -0.2) is 36.7 Å².